The summed E-state index contributed by atoms with van der Waals surface area (Å²) in [6, 6.07) is 52.1. The van der Waals surface area contributed by atoms with Crippen molar-refractivity contribution in [1.29, 1.82) is 0 Å². The largest absolute Gasteiger partial charge is 0.321 e. The maximum atomic E-state index is 14.0. The molecule has 57 heavy (non-hydrogen) atoms. The molecular weight excluding hydrogens is 731 g/mol. The molecule has 6 aromatic carbocycles. The number of nitrogens with one attached hydrogen (secondary N) is 3. The molecule has 1 atom stereocenters. The number of thioether (sulfide) groups is 1. The minimum atomic E-state index is -0.702. The van der Waals surface area contributed by atoms with Crippen molar-refractivity contribution in [3.8, 4) is 16.8 Å². The monoisotopic (exact) mass is 769 g/mol. The van der Waals surface area contributed by atoms with Crippen LogP contribution >= 0.6 is 11.8 Å². The average molecular weight is 770 g/mol. The van der Waals surface area contributed by atoms with Gasteiger partial charge in [-0.2, -0.15) is 0 Å². The third kappa shape index (κ3) is 9.04. The predicted octanol–water partition coefficient (Wildman–Crippen LogP) is 9.03. The van der Waals surface area contributed by atoms with Crippen molar-refractivity contribution >= 4 is 46.9 Å². The van der Waals surface area contributed by atoms with Gasteiger partial charge < -0.3 is 16.0 Å². The molecule has 3 N–H and O–H groups in total. The van der Waals surface area contributed by atoms with E-state index in [1.807, 2.05) is 133 Å². The van der Waals surface area contributed by atoms with Crippen molar-refractivity contribution in [2.24, 2.45) is 7.05 Å². The van der Waals surface area contributed by atoms with E-state index in [1.54, 1.807) is 61.1 Å². The Labute approximate surface area is 334 Å². The number of hydrogen-bond acceptors (Lipinski definition) is 5. The second kappa shape index (κ2) is 17.5. The molecular formula is C47H39N5O4S. The van der Waals surface area contributed by atoms with Crippen LogP contribution in [-0.2, 0) is 16.6 Å². The first-order valence-electron chi connectivity index (χ1n) is 18.3. The molecule has 7 aromatic rings. The van der Waals surface area contributed by atoms with Crippen molar-refractivity contribution in [1.82, 2.24) is 14.7 Å². The van der Waals surface area contributed by atoms with E-state index in [4.69, 9.17) is 0 Å². The first-order valence-corrected chi connectivity index (χ1v) is 19.1. The van der Waals surface area contributed by atoms with Gasteiger partial charge in [-0.25, -0.2) is 4.68 Å². The summed E-state index contributed by atoms with van der Waals surface area (Å²) < 4.78 is 3.25. The number of nitrogens with zero attached hydrogens (tertiary/aromatic N) is 2. The molecule has 7 rings (SSSR count). The Kier molecular flexibility index (Phi) is 11.7. The minimum Gasteiger partial charge on any atom is -0.321 e. The molecule has 0 saturated carbocycles. The van der Waals surface area contributed by atoms with Crippen LogP contribution < -0.4 is 21.5 Å². The van der Waals surface area contributed by atoms with Crippen LogP contribution in [0.3, 0.4) is 0 Å². The number of anilines is 2. The van der Waals surface area contributed by atoms with E-state index in [0.29, 0.717) is 22.6 Å². The van der Waals surface area contributed by atoms with Crippen molar-refractivity contribution in [3.05, 3.63) is 208 Å². The van der Waals surface area contributed by atoms with E-state index >= 15 is 0 Å². The fourth-order valence-electron chi connectivity index (χ4n) is 6.26. The van der Waals surface area contributed by atoms with Gasteiger partial charge in [-0.1, -0.05) is 121 Å². The van der Waals surface area contributed by atoms with E-state index in [9.17, 15) is 19.2 Å². The molecule has 1 aromatic heterocycles. The van der Waals surface area contributed by atoms with Crippen LogP contribution in [0.25, 0.3) is 22.9 Å². The van der Waals surface area contributed by atoms with Crippen LogP contribution in [0.2, 0.25) is 0 Å². The third-order valence-electron chi connectivity index (χ3n) is 9.37. The Bertz CT molecular complexity index is 2590. The molecule has 0 aliphatic rings. The topological polar surface area (TPSA) is 114 Å². The van der Waals surface area contributed by atoms with E-state index in [1.165, 1.54) is 16.4 Å². The lowest BCUT2D eigenvalue weighted by molar-refractivity contribution is -0.116. The number of aromatic nitrogens is 2. The molecule has 9 nitrogen and oxygen atoms in total. The highest BCUT2D eigenvalue weighted by Gasteiger charge is 2.26. The molecule has 0 spiro atoms. The van der Waals surface area contributed by atoms with Gasteiger partial charge in [-0.3, -0.25) is 23.9 Å². The van der Waals surface area contributed by atoms with Crippen LogP contribution in [0.4, 0.5) is 11.4 Å². The number of hydrogen-bond donors (Lipinski definition) is 3. The van der Waals surface area contributed by atoms with Crippen LogP contribution in [0.15, 0.2) is 185 Å². The molecule has 3 amide bonds. The maximum Gasteiger partial charge on any atom is 0.295 e. The van der Waals surface area contributed by atoms with Crippen LogP contribution in [-0.4, -0.2) is 27.1 Å². The Morgan fingerprint density at radius 3 is 1.84 bits per heavy atom. The average Bonchev–Trinajstić information content (AvgIpc) is 3.46. The molecule has 0 aliphatic carbocycles. The zero-order chi connectivity index (χ0) is 39.7. The van der Waals surface area contributed by atoms with E-state index < -0.39 is 17.1 Å². The third-order valence-corrected chi connectivity index (χ3v) is 10.6. The Morgan fingerprint density at radius 1 is 0.649 bits per heavy atom. The van der Waals surface area contributed by atoms with Gasteiger partial charge in [-0.15, -0.1) is 11.8 Å². The lowest BCUT2D eigenvalue weighted by atomic mass is 10.0. The van der Waals surface area contributed by atoms with Gasteiger partial charge in [0.1, 0.15) is 16.6 Å². The number of rotatable bonds is 12. The smallest absolute Gasteiger partial charge is 0.295 e. The summed E-state index contributed by atoms with van der Waals surface area (Å²) in [6.07, 6.45) is 1.64. The van der Waals surface area contributed by atoms with Crippen LogP contribution in [0, 0.1) is 6.92 Å². The van der Waals surface area contributed by atoms with Gasteiger partial charge in [0, 0.05) is 23.2 Å². The number of amides is 3. The Balaban J connectivity index is 1.10. The predicted molar refractivity (Wildman–Crippen MR) is 228 cm³/mol. The summed E-state index contributed by atoms with van der Waals surface area (Å²) >= 11 is 1.32. The van der Waals surface area contributed by atoms with E-state index in [0.717, 1.165) is 27.1 Å². The van der Waals surface area contributed by atoms with Gasteiger partial charge in [0.25, 0.3) is 17.4 Å². The van der Waals surface area contributed by atoms with Gasteiger partial charge in [0.2, 0.25) is 5.91 Å². The summed E-state index contributed by atoms with van der Waals surface area (Å²) in [7, 11) is 1.78. The fraction of sp³-hybridized carbons (Fsp3) is 0.0638. The molecule has 0 bridgehead atoms. The summed E-state index contributed by atoms with van der Waals surface area (Å²) in [4.78, 5) is 55.3. The first-order chi connectivity index (χ1) is 27.7. The molecule has 1 unspecified atom stereocenters. The summed E-state index contributed by atoms with van der Waals surface area (Å²) in [5.74, 6) is -1.28. The minimum absolute atomic E-state index is 0.0677. The molecule has 0 aliphatic heterocycles. The first kappa shape index (κ1) is 38.1. The van der Waals surface area contributed by atoms with Gasteiger partial charge in [0.05, 0.1) is 11.4 Å². The summed E-state index contributed by atoms with van der Waals surface area (Å²) in [5.41, 5.74) is 5.75. The zero-order valence-electron chi connectivity index (χ0n) is 31.3. The molecule has 0 radical (unpaired) electrons. The highest BCUT2D eigenvalue weighted by Crippen LogP contribution is 2.37. The normalized spacial score (nSPS) is 11.7. The van der Waals surface area contributed by atoms with Gasteiger partial charge >= 0.3 is 0 Å². The molecule has 0 saturated heterocycles. The molecule has 282 valence electrons. The summed E-state index contributed by atoms with van der Waals surface area (Å²) in [6.45, 7) is 1.80. The highest BCUT2D eigenvalue weighted by atomic mass is 32.2. The highest BCUT2D eigenvalue weighted by molar-refractivity contribution is 8.00. The second-order valence-electron chi connectivity index (χ2n) is 13.2. The Morgan fingerprint density at radius 2 is 1.21 bits per heavy atom. The Hall–Kier alpha value is -7.17. The maximum absolute atomic E-state index is 14.0. The quantitative estimate of drug-likeness (QED) is 0.0848. The summed E-state index contributed by atoms with van der Waals surface area (Å²) in [5, 5.41) is 7.93. The van der Waals surface area contributed by atoms with Crippen molar-refractivity contribution in [3.63, 3.8) is 0 Å². The lowest BCUT2D eigenvalue weighted by Gasteiger charge is -2.17. The van der Waals surface area contributed by atoms with Crippen LogP contribution in [0.1, 0.15) is 32.4 Å². The number of carbonyl (C=O) groups is 3. The number of benzene rings is 6. The fourth-order valence-corrected chi connectivity index (χ4v) is 7.29. The molecule has 1 heterocycles. The molecule has 0 fully saturated rings. The van der Waals surface area contributed by atoms with E-state index in [2.05, 4.69) is 16.0 Å². The van der Waals surface area contributed by atoms with Gasteiger partial charge in [0.15, 0.2) is 0 Å². The molecule has 10 heteroatoms. The zero-order valence-corrected chi connectivity index (χ0v) is 32.1. The van der Waals surface area contributed by atoms with Gasteiger partial charge in [-0.05, 0) is 83.8 Å². The van der Waals surface area contributed by atoms with Crippen molar-refractivity contribution in [2.75, 3.05) is 10.6 Å². The van der Waals surface area contributed by atoms with Crippen molar-refractivity contribution < 1.29 is 14.4 Å². The lowest BCUT2D eigenvalue weighted by Crippen LogP contribution is -2.30. The van der Waals surface area contributed by atoms with Crippen LogP contribution in [0.5, 0.6) is 0 Å². The number of carbonyl (C=O) groups excluding carboxylic acids is 3. The standard InChI is InChI=1S/C47H39N5O4S/c1-32-42(47(56)52(51(32)2)39-21-13-6-14-22-39)50-46(55)43(36-17-9-4-10-18-36)57-40-29-27-38(28-30-40)48-45(54)41(49-44(53)37-19-11-5-12-20-37)31-33-23-25-35(26-24-33)34-15-7-3-8-16-34/h3-31,43H,1-2H3,(H,48,54)(H,49,53)(H,50,55)/b41-31-. The number of para-hydroxylation sites is 1. The SMILES string of the molecule is Cc1c(NC(=O)C(Sc2ccc(NC(=O)/C(=C/c3ccc(-c4ccccc4)cc3)NC(=O)c3ccccc3)cc2)c2ccccc2)c(=O)n(-c2ccccc2)n1C. The van der Waals surface area contributed by atoms with Crippen molar-refractivity contribution in [2.45, 2.75) is 17.1 Å². The van der Waals surface area contributed by atoms with E-state index in [-0.39, 0.29) is 22.9 Å². The second-order valence-corrected chi connectivity index (χ2v) is 14.4.